The Morgan fingerprint density at radius 1 is 0.857 bits per heavy atom. The fourth-order valence-electron chi connectivity index (χ4n) is 2.39. The van der Waals surface area contributed by atoms with Crippen molar-refractivity contribution < 1.29 is 13.2 Å². The lowest BCUT2D eigenvalue weighted by atomic mass is 10.2. The standard InChI is InChI=1S/C21H17ClN2O3S/c22-19-8-4-5-9-20(19)24-28(26,27)18-13-11-17(12-14-18)23-21(25)15-10-16-6-2-1-3-7-16/h1-15,24H,(H,23,25). The maximum Gasteiger partial charge on any atom is 0.261 e. The van der Waals surface area contributed by atoms with Gasteiger partial charge in [-0.1, -0.05) is 54.1 Å². The molecule has 0 spiro atoms. The molecule has 7 heteroatoms. The maximum absolute atomic E-state index is 12.5. The van der Waals surface area contributed by atoms with Gasteiger partial charge in [-0.25, -0.2) is 8.42 Å². The Kier molecular flexibility index (Phi) is 6.13. The number of benzene rings is 3. The minimum absolute atomic E-state index is 0.0604. The second kappa shape index (κ2) is 8.73. The van der Waals surface area contributed by atoms with Crippen LogP contribution in [0.3, 0.4) is 0 Å². The Morgan fingerprint density at radius 2 is 1.50 bits per heavy atom. The Labute approximate surface area is 168 Å². The molecule has 142 valence electrons. The molecule has 0 bridgehead atoms. The lowest BCUT2D eigenvalue weighted by Crippen LogP contribution is -2.13. The highest BCUT2D eigenvalue weighted by molar-refractivity contribution is 7.92. The predicted molar refractivity (Wildman–Crippen MR) is 113 cm³/mol. The lowest BCUT2D eigenvalue weighted by Gasteiger charge is -2.10. The van der Waals surface area contributed by atoms with Crippen LogP contribution in [0.15, 0.2) is 89.8 Å². The summed E-state index contributed by atoms with van der Waals surface area (Å²) in [5.41, 5.74) is 1.69. The molecule has 0 aliphatic heterocycles. The lowest BCUT2D eigenvalue weighted by molar-refractivity contribution is -0.111. The third-order valence-corrected chi connectivity index (χ3v) is 5.49. The first-order valence-corrected chi connectivity index (χ1v) is 10.2. The minimum Gasteiger partial charge on any atom is -0.323 e. The molecule has 3 rings (SSSR count). The van der Waals surface area contributed by atoms with Gasteiger partial charge in [0, 0.05) is 11.8 Å². The van der Waals surface area contributed by atoms with Crippen molar-refractivity contribution in [1.82, 2.24) is 0 Å². The van der Waals surface area contributed by atoms with Gasteiger partial charge in [0.15, 0.2) is 0 Å². The molecule has 2 N–H and O–H groups in total. The summed E-state index contributed by atoms with van der Waals surface area (Å²) < 4.78 is 27.4. The smallest absolute Gasteiger partial charge is 0.261 e. The predicted octanol–water partition coefficient (Wildman–Crippen LogP) is 4.79. The minimum atomic E-state index is -3.79. The highest BCUT2D eigenvalue weighted by Crippen LogP contribution is 2.24. The summed E-state index contributed by atoms with van der Waals surface area (Å²) in [6.45, 7) is 0. The molecule has 0 saturated heterocycles. The Bertz CT molecular complexity index is 1100. The van der Waals surface area contributed by atoms with Gasteiger partial charge in [-0.05, 0) is 48.0 Å². The number of anilines is 2. The molecule has 0 saturated carbocycles. The first kappa shape index (κ1) is 19.7. The summed E-state index contributed by atoms with van der Waals surface area (Å²) in [5.74, 6) is -0.311. The van der Waals surface area contributed by atoms with Crippen LogP contribution in [0.2, 0.25) is 5.02 Å². The number of hydrogen-bond donors (Lipinski definition) is 2. The second-order valence-electron chi connectivity index (χ2n) is 5.84. The third kappa shape index (κ3) is 5.22. The van der Waals surface area contributed by atoms with E-state index in [1.807, 2.05) is 30.3 Å². The van der Waals surface area contributed by atoms with E-state index < -0.39 is 10.0 Å². The average molecular weight is 413 g/mol. The van der Waals surface area contributed by atoms with E-state index in [1.165, 1.54) is 30.3 Å². The third-order valence-electron chi connectivity index (χ3n) is 3.78. The molecule has 0 radical (unpaired) electrons. The van der Waals surface area contributed by atoms with Crippen LogP contribution < -0.4 is 10.0 Å². The SMILES string of the molecule is O=C(C=Cc1ccccc1)Nc1ccc(S(=O)(=O)Nc2ccccc2Cl)cc1. The number of rotatable bonds is 6. The summed E-state index contributed by atoms with van der Waals surface area (Å²) in [7, 11) is -3.79. The van der Waals surface area contributed by atoms with Crippen LogP contribution in [0.5, 0.6) is 0 Å². The van der Waals surface area contributed by atoms with Crippen LogP contribution in [0, 0.1) is 0 Å². The number of carbonyl (C=O) groups excluding carboxylic acids is 1. The molecule has 0 aliphatic rings. The normalized spacial score (nSPS) is 11.3. The number of sulfonamides is 1. The summed E-state index contributed by atoms with van der Waals surface area (Å²) in [5, 5.41) is 2.99. The van der Waals surface area contributed by atoms with E-state index in [-0.39, 0.29) is 10.8 Å². The molecule has 0 heterocycles. The van der Waals surface area contributed by atoms with Crippen LogP contribution in [0.4, 0.5) is 11.4 Å². The van der Waals surface area contributed by atoms with Crippen LogP contribution in [-0.4, -0.2) is 14.3 Å². The molecular formula is C21H17ClN2O3S. The molecule has 5 nitrogen and oxygen atoms in total. The first-order chi connectivity index (χ1) is 13.4. The van der Waals surface area contributed by atoms with Crippen LogP contribution in [0.25, 0.3) is 6.08 Å². The monoisotopic (exact) mass is 412 g/mol. The second-order valence-corrected chi connectivity index (χ2v) is 7.93. The van der Waals surface area contributed by atoms with Crippen LogP contribution >= 0.6 is 11.6 Å². The Balaban J connectivity index is 1.66. The van der Waals surface area contributed by atoms with Gasteiger partial charge in [-0.3, -0.25) is 9.52 Å². The molecule has 0 unspecified atom stereocenters. The summed E-state index contributed by atoms with van der Waals surface area (Å²) in [4.78, 5) is 12.1. The molecule has 28 heavy (non-hydrogen) atoms. The van der Waals surface area contributed by atoms with Crippen molar-refractivity contribution >= 4 is 45.0 Å². The highest BCUT2D eigenvalue weighted by Gasteiger charge is 2.15. The van der Waals surface area contributed by atoms with Crippen molar-refractivity contribution in [2.24, 2.45) is 0 Å². The summed E-state index contributed by atoms with van der Waals surface area (Å²) >= 11 is 5.99. The van der Waals surface area contributed by atoms with E-state index in [0.29, 0.717) is 16.4 Å². The molecule has 0 fully saturated rings. The zero-order valence-electron chi connectivity index (χ0n) is 14.7. The van der Waals surface area contributed by atoms with Gasteiger partial charge < -0.3 is 5.32 Å². The van der Waals surface area contributed by atoms with Gasteiger partial charge in [-0.15, -0.1) is 0 Å². The van der Waals surface area contributed by atoms with Crippen molar-refractivity contribution in [2.45, 2.75) is 4.90 Å². The van der Waals surface area contributed by atoms with E-state index in [2.05, 4.69) is 10.0 Å². The van der Waals surface area contributed by atoms with Crippen LogP contribution in [-0.2, 0) is 14.8 Å². The molecule has 0 aliphatic carbocycles. The van der Waals surface area contributed by atoms with Crippen molar-refractivity contribution in [3.63, 3.8) is 0 Å². The molecule has 1 amide bonds. The fraction of sp³-hybridized carbons (Fsp3) is 0. The zero-order chi connectivity index (χ0) is 20.0. The van der Waals surface area contributed by atoms with E-state index in [4.69, 9.17) is 11.6 Å². The van der Waals surface area contributed by atoms with Gasteiger partial charge in [0.05, 0.1) is 15.6 Å². The van der Waals surface area contributed by atoms with Crippen molar-refractivity contribution in [3.05, 3.63) is 95.5 Å². The summed E-state index contributed by atoms with van der Waals surface area (Å²) in [6, 6.07) is 21.9. The Hall–Kier alpha value is -3.09. The van der Waals surface area contributed by atoms with Gasteiger partial charge in [0.1, 0.15) is 0 Å². The number of hydrogen-bond acceptors (Lipinski definition) is 3. The number of carbonyl (C=O) groups is 1. The molecule has 0 atom stereocenters. The fourth-order valence-corrected chi connectivity index (χ4v) is 3.70. The van der Waals surface area contributed by atoms with Gasteiger partial charge >= 0.3 is 0 Å². The van der Waals surface area contributed by atoms with Gasteiger partial charge in [0.25, 0.3) is 10.0 Å². The number of amides is 1. The highest BCUT2D eigenvalue weighted by atomic mass is 35.5. The van der Waals surface area contributed by atoms with E-state index in [0.717, 1.165) is 5.56 Å². The van der Waals surface area contributed by atoms with Crippen molar-refractivity contribution in [3.8, 4) is 0 Å². The number of halogens is 1. The molecule has 3 aromatic carbocycles. The molecule has 3 aromatic rings. The molecule has 0 aromatic heterocycles. The summed E-state index contributed by atoms with van der Waals surface area (Å²) in [6.07, 6.45) is 3.11. The number of nitrogens with one attached hydrogen (secondary N) is 2. The number of para-hydroxylation sites is 1. The van der Waals surface area contributed by atoms with Crippen molar-refractivity contribution in [1.29, 1.82) is 0 Å². The van der Waals surface area contributed by atoms with E-state index in [9.17, 15) is 13.2 Å². The average Bonchev–Trinajstić information content (AvgIpc) is 2.69. The molecular weight excluding hydrogens is 396 g/mol. The maximum atomic E-state index is 12.5. The van der Waals surface area contributed by atoms with E-state index >= 15 is 0 Å². The zero-order valence-corrected chi connectivity index (χ0v) is 16.2. The van der Waals surface area contributed by atoms with Crippen LogP contribution in [0.1, 0.15) is 5.56 Å². The first-order valence-electron chi connectivity index (χ1n) is 8.35. The quantitative estimate of drug-likeness (QED) is 0.571. The van der Waals surface area contributed by atoms with Crippen molar-refractivity contribution in [2.75, 3.05) is 10.0 Å². The largest absolute Gasteiger partial charge is 0.323 e. The Morgan fingerprint density at radius 3 is 2.18 bits per heavy atom. The topological polar surface area (TPSA) is 75.3 Å². The van der Waals surface area contributed by atoms with Gasteiger partial charge in [-0.2, -0.15) is 0 Å². The van der Waals surface area contributed by atoms with Gasteiger partial charge in [0.2, 0.25) is 5.91 Å². The van der Waals surface area contributed by atoms with E-state index in [1.54, 1.807) is 30.3 Å².